The minimum absolute atomic E-state index is 0.0121. The van der Waals surface area contributed by atoms with Crippen LogP contribution in [0.4, 0.5) is 11.6 Å². The summed E-state index contributed by atoms with van der Waals surface area (Å²) in [5.41, 5.74) is 4.53. The summed E-state index contributed by atoms with van der Waals surface area (Å²) in [7, 11) is -2.30. The van der Waals surface area contributed by atoms with Gasteiger partial charge in [-0.2, -0.15) is 10.1 Å². The topological polar surface area (TPSA) is 111 Å². The van der Waals surface area contributed by atoms with Gasteiger partial charge in [-0.3, -0.25) is 4.68 Å². The fraction of sp³-hybridized carbons (Fsp3) is 0.296. The van der Waals surface area contributed by atoms with Crippen LogP contribution in [-0.2, 0) is 21.8 Å². The van der Waals surface area contributed by atoms with E-state index in [1.54, 1.807) is 13.1 Å². The van der Waals surface area contributed by atoms with Gasteiger partial charge in [-0.25, -0.2) is 18.1 Å². The second kappa shape index (κ2) is 10.8. The van der Waals surface area contributed by atoms with Crippen LogP contribution in [0.25, 0.3) is 11.3 Å². The summed E-state index contributed by atoms with van der Waals surface area (Å²) in [6.45, 7) is 7.23. The molecule has 0 unspecified atom stereocenters. The van der Waals surface area contributed by atoms with E-state index < -0.39 is 10.0 Å². The fourth-order valence-corrected chi connectivity index (χ4v) is 5.36. The van der Waals surface area contributed by atoms with Gasteiger partial charge in [0.1, 0.15) is 10.6 Å². The number of aryl methyl sites for hydroxylation is 3. The molecule has 0 radical (unpaired) electrons. The molecule has 3 heterocycles. The minimum atomic E-state index is -3.95. The Balaban J connectivity index is 1.47. The average molecular weight is 535 g/mol. The highest BCUT2D eigenvalue weighted by Gasteiger charge is 2.20. The van der Waals surface area contributed by atoms with E-state index in [-0.39, 0.29) is 16.7 Å². The molecule has 1 saturated heterocycles. The van der Waals surface area contributed by atoms with Crippen LogP contribution in [0.2, 0.25) is 0 Å². The molecule has 4 aromatic rings. The number of nitrogens with zero attached hydrogens (tertiary/aromatic N) is 5. The van der Waals surface area contributed by atoms with E-state index in [0.717, 1.165) is 48.5 Å². The van der Waals surface area contributed by atoms with Crippen molar-refractivity contribution in [3.8, 4) is 22.9 Å². The smallest absolute Gasteiger partial charge is 0.267 e. The van der Waals surface area contributed by atoms with Gasteiger partial charge < -0.3 is 14.4 Å². The van der Waals surface area contributed by atoms with Crippen LogP contribution < -0.4 is 14.4 Å². The summed E-state index contributed by atoms with van der Waals surface area (Å²) in [6, 6.07) is 15.4. The lowest BCUT2D eigenvalue weighted by molar-refractivity contribution is 0.152. The van der Waals surface area contributed by atoms with E-state index in [9.17, 15) is 8.42 Å². The second-order valence-corrected chi connectivity index (χ2v) is 10.9. The number of rotatable bonds is 7. The van der Waals surface area contributed by atoms with Gasteiger partial charge in [0.25, 0.3) is 10.0 Å². The Morgan fingerprint density at radius 2 is 1.76 bits per heavy atom. The van der Waals surface area contributed by atoms with Crippen LogP contribution in [0.5, 0.6) is 11.6 Å². The molecule has 2 aromatic carbocycles. The molecule has 0 atom stereocenters. The zero-order chi connectivity index (χ0) is 26.7. The molecule has 5 rings (SSSR count). The van der Waals surface area contributed by atoms with Gasteiger partial charge in [0.05, 0.1) is 18.5 Å². The molecule has 0 amide bonds. The van der Waals surface area contributed by atoms with E-state index in [1.165, 1.54) is 17.1 Å². The van der Waals surface area contributed by atoms with Gasteiger partial charge >= 0.3 is 0 Å². The Kier molecular flexibility index (Phi) is 7.30. The molecule has 0 saturated carbocycles. The number of anilines is 2. The Labute approximate surface area is 222 Å². The number of aromatic nitrogens is 4. The lowest BCUT2D eigenvalue weighted by atomic mass is 10.00. The minimum Gasteiger partial charge on any atom is -0.439 e. The number of sulfonamides is 1. The highest BCUT2D eigenvalue weighted by molar-refractivity contribution is 7.92. The Morgan fingerprint density at radius 1 is 1.00 bits per heavy atom. The quantitative estimate of drug-likeness (QED) is 0.373. The summed E-state index contributed by atoms with van der Waals surface area (Å²) in [4.78, 5) is 11.2. The van der Waals surface area contributed by atoms with Crippen molar-refractivity contribution >= 4 is 21.7 Å². The summed E-state index contributed by atoms with van der Waals surface area (Å²) >= 11 is 0. The Morgan fingerprint density at radius 3 is 2.47 bits per heavy atom. The van der Waals surface area contributed by atoms with E-state index >= 15 is 0 Å². The first-order valence-corrected chi connectivity index (χ1v) is 13.8. The SMILES string of the molecule is Cc1cccc(C)c1-c1cc(Oc2ccc(N3CCCOCC3)cc2)nc(NS(=O)(=O)c2cnn(C)c2)n1. The number of ether oxygens (including phenoxy) is 2. The molecule has 10 nitrogen and oxygen atoms in total. The lowest BCUT2D eigenvalue weighted by Gasteiger charge is -2.22. The highest BCUT2D eigenvalue weighted by atomic mass is 32.2. The summed E-state index contributed by atoms with van der Waals surface area (Å²) in [5, 5.41) is 3.95. The molecule has 2 aromatic heterocycles. The Bertz CT molecular complexity index is 1510. The van der Waals surface area contributed by atoms with E-state index in [4.69, 9.17) is 9.47 Å². The molecule has 198 valence electrons. The molecule has 0 aliphatic carbocycles. The van der Waals surface area contributed by atoms with Crippen LogP contribution in [-0.4, -0.2) is 54.5 Å². The molecule has 0 spiro atoms. The van der Waals surface area contributed by atoms with Crippen LogP contribution in [0.1, 0.15) is 17.5 Å². The maximum absolute atomic E-state index is 13.0. The molecule has 1 N–H and O–H groups in total. The first-order valence-electron chi connectivity index (χ1n) is 12.4. The van der Waals surface area contributed by atoms with E-state index in [1.807, 2.05) is 56.3 Å². The van der Waals surface area contributed by atoms with Crippen LogP contribution in [0.15, 0.2) is 65.8 Å². The fourth-order valence-electron chi connectivity index (χ4n) is 4.44. The average Bonchev–Trinajstić information content (AvgIpc) is 3.15. The largest absolute Gasteiger partial charge is 0.439 e. The van der Waals surface area contributed by atoms with Gasteiger partial charge in [0.15, 0.2) is 0 Å². The maximum Gasteiger partial charge on any atom is 0.267 e. The first kappa shape index (κ1) is 25.7. The van der Waals surface area contributed by atoms with Gasteiger partial charge in [-0.15, -0.1) is 0 Å². The first-order chi connectivity index (χ1) is 18.3. The number of hydrogen-bond acceptors (Lipinski definition) is 8. The molecule has 11 heteroatoms. The van der Waals surface area contributed by atoms with Crippen molar-refractivity contribution in [3.63, 3.8) is 0 Å². The van der Waals surface area contributed by atoms with Crippen molar-refractivity contribution in [2.24, 2.45) is 7.05 Å². The summed E-state index contributed by atoms with van der Waals surface area (Å²) < 4.78 is 41.5. The zero-order valence-corrected chi connectivity index (χ0v) is 22.4. The molecule has 38 heavy (non-hydrogen) atoms. The third-order valence-corrected chi connectivity index (χ3v) is 7.59. The Hall–Kier alpha value is -3.96. The van der Waals surface area contributed by atoms with E-state index in [2.05, 4.69) is 24.7 Å². The van der Waals surface area contributed by atoms with E-state index in [0.29, 0.717) is 18.1 Å². The molecular formula is C27H30N6O4S. The number of hydrogen-bond donors (Lipinski definition) is 1. The van der Waals surface area contributed by atoms with Crippen molar-refractivity contribution in [3.05, 3.63) is 72.1 Å². The monoisotopic (exact) mass is 534 g/mol. The molecule has 0 bridgehead atoms. The number of nitrogens with one attached hydrogen (secondary N) is 1. The third kappa shape index (κ3) is 5.79. The van der Waals surface area contributed by atoms with Gasteiger partial charge in [-0.1, -0.05) is 18.2 Å². The zero-order valence-electron chi connectivity index (χ0n) is 21.6. The predicted molar refractivity (Wildman–Crippen MR) is 145 cm³/mol. The van der Waals surface area contributed by atoms with Crippen molar-refractivity contribution in [2.45, 2.75) is 25.2 Å². The highest BCUT2D eigenvalue weighted by Crippen LogP contribution is 2.31. The van der Waals surface area contributed by atoms with Crippen molar-refractivity contribution < 1.29 is 17.9 Å². The van der Waals surface area contributed by atoms with Crippen molar-refractivity contribution in [2.75, 3.05) is 35.9 Å². The third-order valence-electron chi connectivity index (χ3n) is 6.30. The van der Waals surface area contributed by atoms with Crippen molar-refractivity contribution in [1.82, 2.24) is 19.7 Å². The predicted octanol–water partition coefficient (Wildman–Crippen LogP) is 4.31. The van der Waals surface area contributed by atoms with Crippen LogP contribution in [0.3, 0.4) is 0 Å². The van der Waals surface area contributed by atoms with Gasteiger partial charge in [-0.05, 0) is 55.7 Å². The normalized spacial score (nSPS) is 14.2. The van der Waals surface area contributed by atoms with Crippen LogP contribution >= 0.6 is 0 Å². The summed E-state index contributed by atoms with van der Waals surface area (Å²) in [6.07, 6.45) is 3.66. The molecular weight excluding hydrogens is 504 g/mol. The second-order valence-electron chi connectivity index (χ2n) is 9.19. The standard InChI is InChI=1S/C27H30N6O4S/c1-19-6-4-7-20(2)26(19)24-16-25(30-27(29-24)31-38(34,35)23-17-28-32(3)18-23)37-22-10-8-21(9-11-22)33-12-5-14-36-15-13-33/h4,6-11,16-18H,5,12-15H2,1-3H3,(H,29,30,31). The number of benzene rings is 2. The van der Waals surface area contributed by atoms with Crippen molar-refractivity contribution in [1.29, 1.82) is 0 Å². The summed E-state index contributed by atoms with van der Waals surface area (Å²) in [5.74, 6) is 0.703. The maximum atomic E-state index is 13.0. The van der Waals surface area contributed by atoms with Crippen LogP contribution in [0, 0.1) is 13.8 Å². The lowest BCUT2D eigenvalue weighted by Crippen LogP contribution is -2.25. The molecule has 1 fully saturated rings. The molecule has 1 aliphatic heterocycles. The van der Waals surface area contributed by atoms with Gasteiger partial charge in [0.2, 0.25) is 11.8 Å². The molecule has 1 aliphatic rings. The van der Waals surface area contributed by atoms with Gasteiger partial charge in [0, 0.05) is 50.3 Å².